The maximum atomic E-state index is 6.28. The van der Waals surface area contributed by atoms with Gasteiger partial charge in [-0.25, -0.2) is 0 Å². The van der Waals surface area contributed by atoms with Crippen molar-refractivity contribution >= 4 is 0 Å². The van der Waals surface area contributed by atoms with Crippen molar-refractivity contribution in [3.63, 3.8) is 0 Å². The zero-order chi connectivity index (χ0) is 15.1. The highest BCUT2D eigenvalue weighted by Gasteiger charge is 2.34. The summed E-state index contributed by atoms with van der Waals surface area (Å²) in [4.78, 5) is 2.85. The van der Waals surface area contributed by atoms with Gasteiger partial charge in [0.15, 0.2) is 0 Å². The molecule has 0 unspecified atom stereocenters. The Kier molecular flexibility index (Phi) is 7.01. The summed E-state index contributed by atoms with van der Waals surface area (Å²) in [5.74, 6) is 0.817. The molecule has 0 aromatic rings. The van der Waals surface area contributed by atoms with E-state index in [2.05, 4.69) is 18.7 Å². The molecule has 2 rings (SSSR count). The molecular formula is C19H38N2. The van der Waals surface area contributed by atoms with Gasteiger partial charge >= 0.3 is 0 Å². The van der Waals surface area contributed by atoms with Gasteiger partial charge in [0, 0.05) is 12.6 Å². The average molecular weight is 295 g/mol. The lowest BCUT2D eigenvalue weighted by atomic mass is 9.79. The van der Waals surface area contributed by atoms with Crippen LogP contribution in [0.1, 0.15) is 84.5 Å². The SMILES string of the molecule is CC(C)CCN(CC1(CN)CCCCCC1)C1CCCC1. The number of hydrogen-bond donors (Lipinski definition) is 1. The molecule has 0 aromatic heterocycles. The molecule has 2 aliphatic carbocycles. The highest BCUT2D eigenvalue weighted by molar-refractivity contribution is 4.89. The molecule has 2 aliphatic rings. The second-order valence-electron chi connectivity index (χ2n) is 8.21. The quantitative estimate of drug-likeness (QED) is 0.697. The van der Waals surface area contributed by atoms with Gasteiger partial charge in [0.2, 0.25) is 0 Å². The van der Waals surface area contributed by atoms with Gasteiger partial charge in [-0.1, -0.05) is 52.4 Å². The molecule has 2 saturated carbocycles. The van der Waals surface area contributed by atoms with Gasteiger partial charge in [-0.2, -0.15) is 0 Å². The van der Waals surface area contributed by atoms with E-state index >= 15 is 0 Å². The first-order valence-corrected chi connectivity index (χ1v) is 9.59. The summed E-state index contributed by atoms with van der Waals surface area (Å²) in [7, 11) is 0. The van der Waals surface area contributed by atoms with Gasteiger partial charge in [-0.15, -0.1) is 0 Å². The normalized spacial score (nSPS) is 23.9. The molecule has 0 saturated heterocycles. The number of rotatable bonds is 7. The maximum Gasteiger partial charge on any atom is 0.00955 e. The van der Waals surface area contributed by atoms with Crippen LogP contribution in [0.5, 0.6) is 0 Å². The molecule has 2 N–H and O–H groups in total. The van der Waals surface area contributed by atoms with Crippen LogP contribution >= 0.6 is 0 Å². The highest BCUT2D eigenvalue weighted by atomic mass is 15.2. The second kappa shape index (κ2) is 8.53. The minimum atomic E-state index is 0.427. The fourth-order valence-corrected chi connectivity index (χ4v) is 4.42. The van der Waals surface area contributed by atoms with Crippen molar-refractivity contribution in [3.05, 3.63) is 0 Å². The van der Waals surface area contributed by atoms with E-state index in [0.29, 0.717) is 5.41 Å². The third-order valence-corrected chi connectivity index (χ3v) is 5.97. The van der Waals surface area contributed by atoms with Crippen LogP contribution in [0.2, 0.25) is 0 Å². The van der Waals surface area contributed by atoms with Crippen molar-refractivity contribution in [1.29, 1.82) is 0 Å². The molecule has 0 spiro atoms. The Morgan fingerprint density at radius 1 is 1.00 bits per heavy atom. The summed E-state index contributed by atoms with van der Waals surface area (Å²) in [6.45, 7) is 8.19. The predicted octanol–water partition coefficient (Wildman–Crippen LogP) is 4.58. The predicted molar refractivity (Wildman–Crippen MR) is 92.5 cm³/mol. The Labute approximate surface area is 132 Å². The van der Waals surface area contributed by atoms with Gasteiger partial charge in [0.05, 0.1) is 0 Å². The molecule has 0 radical (unpaired) electrons. The Morgan fingerprint density at radius 2 is 1.62 bits per heavy atom. The standard InChI is InChI=1S/C19H38N2/c1-17(2)11-14-21(18-9-5-6-10-18)16-19(15-20)12-7-3-4-8-13-19/h17-18H,3-16,20H2,1-2H3. The summed E-state index contributed by atoms with van der Waals surface area (Å²) in [6.07, 6.45) is 15.5. The zero-order valence-electron chi connectivity index (χ0n) is 14.6. The molecule has 2 nitrogen and oxygen atoms in total. The van der Waals surface area contributed by atoms with E-state index in [1.165, 1.54) is 83.7 Å². The molecule has 0 bridgehead atoms. The maximum absolute atomic E-state index is 6.28. The number of hydrogen-bond acceptors (Lipinski definition) is 2. The molecule has 124 valence electrons. The zero-order valence-corrected chi connectivity index (χ0v) is 14.6. The Bertz CT molecular complexity index is 273. The molecule has 0 aromatic carbocycles. The van der Waals surface area contributed by atoms with E-state index in [1.54, 1.807) is 0 Å². The molecule has 21 heavy (non-hydrogen) atoms. The monoisotopic (exact) mass is 294 g/mol. The van der Waals surface area contributed by atoms with Crippen molar-refractivity contribution in [2.75, 3.05) is 19.6 Å². The molecule has 0 atom stereocenters. The lowest BCUT2D eigenvalue weighted by Crippen LogP contribution is -2.46. The van der Waals surface area contributed by atoms with Gasteiger partial charge in [-0.05, 0) is 56.5 Å². The first kappa shape index (κ1) is 17.3. The fraction of sp³-hybridized carbons (Fsp3) is 1.00. The highest BCUT2D eigenvalue weighted by Crippen LogP contribution is 2.37. The van der Waals surface area contributed by atoms with E-state index in [0.717, 1.165) is 18.5 Å². The van der Waals surface area contributed by atoms with Crippen LogP contribution in [0.4, 0.5) is 0 Å². The smallest absolute Gasteiger partial charge is 0.00955 e. The van der Waals surface area contributed by atoms with Crippen LogP contribution in [0.25, 0.3) is 0 Å². The molecule has 0 aliphatic heterocycles. The van der Waals surface area contributed by atoms with Crippen LogP contribution in [0.15, 0.2) is 0 Å². The number of nitrogens with zero attached hydrogens (tertiary/aromatic N) is 1. The van der Waals surface area contributed by atoms with Crippen LogP contribution < -0.4 is 5.73 Å². The van der Waals surface area contributed by atoms with Crippen LogP contribution in [-0.2, 0) is 0 Å². The molecule has 0 amide bonds. The summed E-state index contributed by atoms with van der Waals surface area (Å²) in [6, 6.07) is 0.857. The summed E-state index contributed by atoms with van der Waals surface area (Å²) >= 11 is 0. The summed E-state index contributed by atoms with van der Waals surface area (Å²) in [5, 5.41) is 0. The largest absolute Gasteiger partial charge is 0.330 e. The minimum absolute atomic E-state index is 0.427. The summed E-state index contributed by atoms with van der Waals surface area (Å²) in [5.41, 5.74) is 6.71. The molecule has 2 heteroatoms. The van der Waals surface area contributed by atoms with Gasteiger partial charge in [0.25, 0.3) is 0 Å². The summed E-state index contributed by atoms with van der Waals surface area (Å²) < 4.78 is 0. The van der Waals surface area contributed by atoms with Crippen molar-refractivity contribution < 1.29 is 0 Å². The van der Waals surface area contributed by atoms with Gasteiger partial charge < -0.3 is 5.73 Å². The molecule has 2 fully saturated rings. The first-order chi connectivity index (χ1) is 10.2. The van der Waals surface area contributed by atoms with Crippen molar-refractivity contribution in [1.82, 2.24) is 4.90 Å². The third-order valence-electron chi connectivity index (χ3n) is 5.97. The van der Waals surface area contributed by atoms with Crippen molar-refractivity contribution in [3.8, 4) is 0 Å². The van der Waals surface area contributed by atoms with Gasteiger partial charge in [-0.3, -0.25) is 4.90 Å². The van der Waals surface area contributed by atoms with Crippen molar-refractivity contribution in [2.24, 2.45) is 17.1 Å². The number of nitrogens with two attached hydrogens (primary N) is 1. The van der Waals surface area contributed by atoms with E-state index < -0.39 is 0 Å². The van der Waals surface area contributed by atoms with Crippen LogP contribution in [-0.4, -0.2) is 30.6 Å². The topological polar surface area (TPSA) is 29.3 Å². The Hall–Kier alpha value is -0.0800. The van der Waals surface area contributed by atoms with E-state index in [1.807, 2.05) is 0 Å². The van der Waals surface area contributed by atoms with E-state index in [9.17, 15) is 0 Å². The molecule has 0 heterocycles. The van der Waals surface area contributed by atoms with E-state index in [4.69, 9.17) is 5.73 Å². The van der Waals surface area contributed by atoms with Gasteiger partial charge in [0.1, 0.15) is 0 Å². The second-order valence-corrected chi connectivity index (χ2v) is 8.21. The lowest BCUT2D eigenvalue weighted by Gasteiger charge is -2.40. The van der Waals surface area contributed by atoms with Crippen LogP contribution in [0.3, 0.4) is 0 Å². The third kappa shape index (κ3) is 5.25. The van der Waals surface area contributed by atoms with Crippen molar-refractivity contribution in [2.45, 2.75) is 90.5 Å². The fourth-order valence-electron chi connectivity index (χ4n) is 4.42. The lowest BCUT2D eigenvalue weighted by molar-refractivity contribution is 0.0955. The molecular weight excluding hydrogens is 256 g/mol. The minimum Gasteiger partial charge on any atom is -0.330 e. The Morgan fingerprint density at radius 3 is 2.14 bits per heavy atom. The van der Waals surface area contributed by atoms with E-state index in [-0.39, 0.29) is 0 Å². The average Bonchev–Trinajstić information content (AvgIpc) is 2.90. The Balaban J connectivity index is 1.99. The van der Waals surface area contributed by atoms with Crippen LogP contribution in [0, 0.1) is 11.3 Å². The first-order valence-electron chi connectivity index (χ1n) is 9.59.